The van der Waals surface area contributed by atoms with Crippen LogP contribution in [-0.4, -0.2) is 82.2 Å². The van der Waals surface area contributed by atoms with Crippen LogP contribution in [0.1, 0.15) is 43.3 Å². The zero-order valence-electron chi connectivity index (χ0n) is 15.2. The van der Waals surface area contributed by atoms with Crippen LogP contribution < -0.4 is 0 Å². The smallest absolute Gasteiger partial charge is 0.236 e. The van der Waals surface area contributed by atoms with Crippen molar-refractivity contribution in [2.45, 2.75) is 38.1 Å². The van der Waals surface area contributed by atoms with E-state index in [9.17, 15) is 4.79 Å². The van der Waals surface area contributed by atoms with E-state index in [1.165, 1.54) is 25.9 Å². The first-order valence-corrected chi connectivity index (χ1v) is 9.07. The fourth-order valence-electron chi connectivity index (χ4n) is 3.79. The Hall–Kier alpha value is -1.47. The molecule has 3 heterocycles. The van der Waals surface area contributed by atoms with Crippen LogP contribution in [0, 0.1) is 0 Å². The molecule has 0 aliphatic carbocycles. The molecule has 0 spiro atoms. The molecular weight excluding hydrogens is 304 g/mol. The Bertz CT molecular complexity index is 563. The van der Waals surface area contributed by atoms with Gasteiger partial charge >= 0.3 is 0 Å². The van der Waals surface area contributed by atoms with E-state index in [0.717, 1.165) is 44.1 Å². The molecule has 1 atom stereocenters. The Morgan fingerprint density at radius 2 is 1.92 bits per heavy atom. The standard InChI is InChI=1S/C17H30N6O/c1-20(2)13-16(24)23-10-6-7-14(11-23)17-19-18-15(21(17)3)12-22-8-4-5-9-22/h14H,4-13H2,1-3H3. The second-order valence-corrected chi connectivity index (χ2v) is 7.43. The van der Waals surface area contributed by atoms with Gasteiger partial charge in [0.15, 0.2) is 0 Å². The summed E-state index contributed by atoms with van der Waals surface area (Å²) < 4.78 is 2.16. The molecule has 1 aromatic heterocycles. The van der Waals surface area contributed by atoms with Crippen molar-refractivity contribution in [3.8, 4) is 0 Å². The van der Waals surface area contributed by atoms with Crippen LogP contribution in [-0.2, 0) is 18.4 Å². The normalized spacial score (nSPS) is 22.5. The number of carbonyl (C=O) groups is 1. The van der Waals surface area contributed by atoms with Gasteiger partial charge in [0.05, 0.1) is 13.1 Å². The van der Waals surface area contributed by atoms with Crippen molar-refractivity contribution in [3.63, 3.8) is 0 Å². The molecule has 7 heteroatoms. The summed E-state index contributed by atoms with van der Waals surface area (Å²) in [7, 11) is 5.95. The minimum Gasteiger partial charge on any atom is -0.341 e. The maximum Gasteiger partial charge on any atom is 0.236 e. The van der Waals surface area contributed by atoms with Gasteiger partial charge in [-0.25, -0.2) is 0 Å². The van der Waals surface area contributed by atoms with Gasteiger partial charge in [0.25, 0.3) is 0 Å². The van der Waals surface area contributed by atoms with Crippen LogP contribution in [0.2, 0.25) is 0 Å². The largest absolute Gasteiger partial charge is 0.341 e. The van der Waals surface area contributed by atoms with Gasteiger partial charge in [0.1, 0.15) is 11.6 Å². The molecule has 1 aromatic rings. The van der Waals surface area contributed by atoms with Crippen molar-refractivity contribution in [1.82, 2.24) is 29.5 Å². The third-order valence-electron chi connectivity index (χ3n) is 5.15. The Labute approximate surface area is 144 Å². The van der Waals surface area contributed by atoms with Crippen molar-refractivity contribution in [2.75, 3.05) is 46.8 Å². The van der Waals surface area contributed by atoms with E-state index in [-0.39, 0.29) is 5.91 Å². The van der Waals surface area contributed by atoms with Crippen LogP contribution in [0.15, 0.2) is 0 Å². The lowest BCUT2D eigenvalue weighted by Gasteiger charge is -2.33. The zero-order chi connectivity index (χ0) is 17.1. The minimum absolute atomic E-state index is 0.212. The first-order chi connectivity index (χ1) is 11.5. The SMILES string of the molecule is CN(C)CC(=O)N1CCCC(c2nnc(CN3CCCC3)n2C)C1. The minimum atomic E-state index is 0.212. The number of rotatable bonds is 5. The number of likely N-dealkylation sites (N-methyl/N-ethyl adjacent to an activating group) is 1. The highest BCUT2D eigenvalue weighted by atomic mass is 16.2. The second kappa shape index (κ2) is 7.61. The van der Waals surface area contributed by atoms with E-state index in [1.54, 1.807) is 0 Å². The number of piperidine rings is 1. The molecule has 2 aliphatic heterocycles. The Kier molecular flexibility index (Phi) is 5.50. The molecule has 134 valence electrons. The van der Waals surface area contributed by atoms with Crippen molar-refractivity contribution >= 4 is 5.91 Å². The van der Waals surface area contributed by atoms with Gasteiger partial charge in [0.2, 0.25) is 5.91 Å². The maximum absolute atomic E-state index is 12.3. The third kappa shape index (κ3) is 3.95. The summed E-state index contributed by atoms with van der Waals surface area (Å²) in [6, 6.07) is 0. The third-order valence-corrected chi connectivity index (χ3v) is 5.15. The number of amides is 1. The number of hydrogen-bond acceptors (Lipinski definition) is 5. The number of nitrogens with zero attached hydrogens (tertiary/aromatic N) is 6. The lowest BCUT2D eigenvalue weighted by atomic mass is 9.97. The molecule has 2 aliphatic rings. The summed E-state index contributed by atoms with van der Waals surface area (Å²) >= 11 is 0. The molecule has 0 bridgehead atoms. The summed E-state index contributed by atoms with van der Waals surface area (Å²) in [4.78, 5) is 18.7. The van der Waals surface area contributed by atoms with E-state index < -0.39 is 0 Å². The van der Waals surface area contributed by atoms with Crippen LogP contribution >= 0.6 is 0 Å². The first-order valence-electron chi connectivity index (χ1n) is 9.07. The molecule has 3 rings (SSSR count). The fourth-order valence-corrected chi connectivity index (χ4v) is 3.79. The Morgan fingerprint density at radius 1 is 1.17 bits per heavy atom. The van der Waals surface area contributed by atoms with Crippen LogP contribution in [0.4, 0.5) is 0 Å². The molecule has 24 heavy (non-hydrogen) atoms. The molecule has 0 saturated carbocycles. The summed E-state index contributed by atoms with van der Waals surface area (Å²) in [5.41, 5.74) is 0. The van der Waals surface area contributed by atoms with Crippen molar-refractivity contribution in [3.05, 3.63) is 11.6 Å². The quantitative estimate of drug-likeness (QED) is 0.792. The summed E-state index contributed by atoms with van der Waals surface area (Å²) in [6.45, 7) is 5.33. The maximum atomic E-state index is 12.3. The molecule has 1 amide bonds. The van der Waals surface area contributed by atoms with Gasteiger partial charge in [-0.05, 0) is 52.9 Å². The Balaban J connectivity index is 1.65. The fraction of sp³-hybridized carbons (Fsp3) is 0.824. The molecule has 0 radical (unpaired) electrons. The first kappa shape index (κ1) is 17.4. The van der Waals surface area contributed by atoms with Crippen LogP contribution in [0.5, 0.6) is 0 Å². The van der Waals surface area contributed by atoms with Crippen molar-refractivity contribution in [1.29, 1.82) is 0 Å². The molecular formula is C17H30N6O. The van der Waals surface area contributed by atoms with Crippen molar-refractivity contribution < 1.29 is 4.79 Å². The van der Waals surface area contributed by atoms with Crippen molar-refractivity contribution in [2.24, 2.45) is 7.05 Å². The lowest BCUT2D eigenvalue weighted by molar-refractivity contribution is -0.133. The van der Waals surface area contributed by atoms with Gasteiger partial charge in [-0.3, -0.25) is 9.69 Å². The number of likely N-dealkylation sites (tertiary alicyclic amines) is 2. The number of hydrogen-bond donors (Lipinski definition) is 0. The lowest BCUT2D eigenvalue weighted by Crippen LogP contribution is -2.43. The zero-order valence-corrected chi connectivity index (χ0v) is 15.2. The van der Waals surface area contributed by atoms with Gasteiger partial charge in [0, 0.05) is 26.1 Å². The van der Waals surface area contributed by atoms with E-state index in [1.807, 2.05) is 23.9 Å². The monoisotopic (exact) mass is 334 g/mol. The highest BCUT2D eigenvalue weighted by Gasteiger charge is 2.28. The van der Waals surface area contributed by atoms with E-state index >= 15 is 0 Å². The number of carbonyl (C=O) groups excluding carboxylic acids is 1. The summed E-state index contributed by atoms with van der Waals surface area (Å²) in [6.07, 6.45) is 4.70. The van der Waals surface area contributed by atoms with E-state index in [4.69, 9.17) is 0 Å². The van der Waals surface area contributed by atoms with Gasteiger partial charge in [-0.2, -0.15) is 0 Å². The topological polar surface area (TPSA) is 57.5 Å². The van der Waals surface area contributed by atoms with Gasteiger partial charge < -0.3 is 14.4 Å². The van der Waals surface area contributed by atoms with Gasteiger partial charge in [-0.1, -0.05) is 0 Å². The molecule has 0 N–H and O–H groups in total. The second-order valence-electron chi connectivity index (χ2n) is 7.43. The number of aromatic nitrogens is 3. The molecule has 2 saturated heterocycles. The highest BCUT2D eigenvalue weighted by molar-refractivity contribution is 5.78. The Morgan fingerprint density at radius 3 is 2.62 bits per heavy atom. The molecule has 2 fully saturated rings. The predicted octanol–water partition coefficient (Wildman–Crippen LogP) is 0.679. The summed E-state index contributed by atoms with van der Waals surface area (Å²) in [5, 5.41) is 8.91. The van der Waals surface area contributed by atoms with E-state index in [2.05, 4.69) is 26.7 Å². The van der Waals surface area contributed by atoms with Crippen LogP contribution in [0.25, 0.3) is 0 Å². The molecule has 7 nitrogen and oxygen atoms in total. The summed E-state index contributed by atoms with van der Waals surface area (Å²) in [5.74, 6) is 2.59. The molecule has 1 unspecified atom stereocenters. The van der Waals surface area contributed by atoms with E-state index in [0.29, 0.717) is 12.5 Å². The highest BCUT2D eigenvalue weighted by Crippen LogP contribution is 2.26. The van der Waals surface area contributed by atoms with Gasteiger partial charge in [-0.15, -0.1) is 10.2 Å². The predicted molar refractivity (Wildman–Crippen MR) is 92.6 cm³/mol. The molecule has 0 aromatic carbocycles. The van der Waals surface area contributed by atoms with Crippen LogP contribution in [0.3, 0.4) is 0 Å². The average molecular weight is 334 g/mol. The average Bonchev–Trinajstić information content (AvgIpc) is 3.18.